The molecule has 2 nitrogen and oxygen atoms in total. The molecular weight excluding hydrogens is 186 g/mol. The number of fused-ring (bicyclic) bond motifs is 1. The van der Waals surface area contributed by atoms with Crippen LogP contribution in [0, 0.1) is 0 Å². The summed E-state index contributed by atoms with van der Waals surface area (Å²) in [5, 5.41) is 0.882. The minimum Gasteiger partial charge on any atom is -0.289 e. The van der Waals surface area contributed by atoms with Gasteiger partial charge in [-0.15, -0.1) is 0 Å². The van der Waals surface area contributed by atoms with E-state index >= 15 is 0 Å². The van der Waals surface area contributed by atoms with Gasteiger partial charge in [-0.1, -0.05) is 24.8 Å². The molecule has 1 aromatic heterocycles. The largest absolute Gasteiger partial charge is 0.289 e. The Morgan fingerprint density at radius 1 is 1.27 bits per heavy atom. The number of nitrogens with zero attached hydrogens (tertiary/aromatic N) is 1. The van der Waals surface area contributed by atoms with E-state index < -0.39 is 0 Å². The molecule has 0 aliphatic heterocycles. The first-order valence-electron chi connectivity index (χ1n) is 4.74. The third-order valence-electron chi connectivity index (χ3n) is 2.28. The zero-order valence-corrected chi connectivity index (χ0v) is 8.53. The van der Waals surface area contributed by atoms with Crippen LogP contribution in [0.2, 0.25) is 0 Å². The molecular formula is C13H11NO. The zero-order chi connectivity index (χ0) is 10.8. The number of Topliss-reactive ketones (excluding diaryl/α,β-unsaturated/α-hetero) is 1. The number of allylic oxidation sites excluding steroid dienone is 1. The fraction of sp³-hybridized carbons (Fsp3) is 0.0769. The first-order valence-corrected chi connectivity index (χ1v) is 4.74. The lowest BCUT2D eigenvalue weighted by Gasteiger charge is -2.03. The lowest BCUT2D eigenvalue weighted by Crippen LogP contribution is -2.00. The maximum Gasteiger partial charge on any atom is 0.188 e. The van der Waals surface area contributed by atoms with E-state index in [0.717, 1.165) is 10.9 Å². The monoisotopic (exact) mass is 197 g/mol. The van der Waals surface area contributed by atoms with Gasteiger partial charge in [0.05, 0.1) is 5.52 Å². The predicted molar refractivity (Wildman–Crippen MR) is 60.9 cm³/mol. The number of rotatable bonds is 2. The van der Waals surface area contributed by atoms with E-state index in [9.17, 15) is 4.79 Å². The minimum atomic E-state index is -0.0198. The van der Waals surface area contributed by atoms with E-state index in [1.165, 1.54) is 0 Å². The van der Waals surface area contributed by atoms with E-state index in [4.69, 9.17) is 0 Å². The van der Waals surface area contributed by atoms with E-state index in [1.54, 1.807) is 19.2 Å². The Balaban J connectivity index is 2.71. The number of hydrogen-bond donors (Lipinski definition) is 0. The minimum absolute atomic E-state index is 0.0198. The van der Waals surface area contributed by atoms with Crippen molar-refractivity contribution in [1.29, 1.82) is 0 Å². The summed E-state index contributed by atoms with van der Waals surface area (Å²) in [5.41, 5.74) is 2.06. The molecule has 0 unspecified atom stereocenters. The van der Waals surface area contributed by atoms with Gasteiger partial charge in [-0.05, 0) is 24.6 Å². The number of carbonyl (C=O) groups excluding carboxylic acids is 1. The molecule has 0 aliphatic rings. The van der Waals surface area contributed by atoms with Crippen molar-refractivity contribution in [3.05, 3.63) is 54.2 Å². The summed E-state index contributed by atoms with van der Waals surface area (Å²) in [6.07, 6.45) is 1.72. The number of aromatic nitrogens is 1. The van der Waals surface area contributed by atoms with Crippen molar-refractivity contribution in [3.63, 3.8) is 0 Å². The van der Waals surface area contributed by atoms with Crippen LogP contribution in [0.4, 0.5) is 0 Å². The lowest BCUT2D eigenvalue weighted by molar-refractivity contribution is 0.103. The van der Waals surface area contributed by atoms with Gasteiger partial charge >= 0.3 is 0 Å². The topological polar surface area (TPSA) is 30.0 Å². The Morgan fingerprint density at radius 3 is 2.80 bits per heavy atom. The van der Waals surface area contributed by atoms with Crippen molar-refractivity contribution in [2.24, 2.45) is 0 Å². The van der Waals surface area contributed by atoms with Crippen LogP contribution in [0.25, 0.3) is 10.9 Å². The Morgan fingerprint density at radius 2 is 2.07 bits per heavy atom. The van der Waals surface area contributed by atoms with E-state index in [1.807, 2.05) is 24.3 Å². The van der Waals surface area contributed by atoms with E-state index in [0.29, 0.717) is 11.1 Å². The average molecular weight is 197 g/mol. The highest BCUT2D eigenvalue weighted by atomic mass is 16.1. The van der Waals surface area contributed by atoms with Crippen LogP contribution in [0.3, 0.4) is 0 Å². The smallest absolute Gasteiger partial charge is 0.188 e. The average Bonchev–Trinajstić information content (AvgIpc) is 2.27. The summed E-state index contributed by atoms with van der Waals surface area (Å²) in [6, 6.07) is 9.27. The van der Waals surface area contributed by atoms with Crippen LogP contribution in [0.5, 0.6) is 0 Å². The maximum absolute atomic E-state index is 11.8. The molecule has 0 saturated carbocycles. The molecule has 0 spiro atoms. The Bertz CT molecular complexity index is 538. The highest BCUT2D eigenvalue weighted by Gasteiger charge is 2.09. The Kier molecular flexibility index (Phi) is 2.34. The number of carbonyl (C=O) groups is 1. The second-order valence-electron chi connectivity index (χ2n) is 3.49. The van der Waals surface area contributed by atoms with Gasteiger partial charge in [0.1, 0.15) is 0 Å². The van der Waals surface area contributed by atoms with Crippen LogP contribution < -0.4 is 0 Å². The summed E-state index contributed by atoms with van der Waals surface area (Å²) in [4.78, 5) is 16.0. The van der Waals surface area contributed by atoms with Crippen LogP contribution >= 0.6 is 0 Å². The molecule has 1 heterocycles. The second-order valence-corrected chi connectivity index (χ2v) is 3.49. The summed E-state index contributed by atoms with van der Waals surface area (Å²) in [5.74, 6) is -0.0198. The molecule has 0 aliphatic carbocycles. The first kappa shape index (κ1) is 9.59. The van der Waals surface area contributed by atoms with E-state index in [2.05, 4.69) is 11.6 Å². The summed E-state index contributed by atoms with van der Waals surface area (Å²) in [7, 11) is 0. The molecule has 0 atom stereocenters. The van der Waals surface area contributed by atoms with E-state index in [-0.39, 0.29) is 5.78 Å². The summed E-state index contributed by atoms with van der Waals surface area (Å²) < 4.78 is 0. The molecule has 2 rings (SSSR count). The number of ketones is 1. The SMILES string of the molecule is C=C(C)C(=O)c1cccc2ncccc12. The van der Waals surface area contributed by atoms with Crippen LogP contribution in [-0.2, 0) is 0 Å². The Labute approximate surface area is 88.3 Å². The molecule has 0 bridgehead atoms. The third-order valence-corrected chi connectivity index (χ3v) is 2.28. The van der Waals surface area contributed by atoms with Crippen molar-refractivity contribution in [3.8, 4) is 0 Å². The third kappa shape index (κ3) is 1.66. The van der Waals surface area contributed by atoms with Crippen molar-refractivity contribution in [1.82, 2.24) is 4.98 Å². The number of benzene rings is 1. The standard InChI is InChI=1S/C13H11NO/c1-9(2)13(15)11-5-3-7-12-10(11)6-4-8-14-12/h3-8H,1H2,2H3. The molecule has 0 N–H and O–H groups in total. The molecule has 0 amide bonds. The molecule has 74 valence electrons. The first-order chi connectivity index (χ1) is 7.20. The van der Waals surface area contributed by atoms with Gasteiger partial charge in [-0.25, -0.2) is 0 Å². The quantitative estimate of drug-likeness (QED) is 0.547. The van der Waals surface area contributed by atoms with Gasteiger partial charge in [-0.3, -0.25) is 9.78 Å². The number of hydrogen-bond acceptors (Lipinski definition) is 2. The van der Waals surface area contributed by atoms with Crippen LogP contribution in [0.15, 0.2) is 48.7 Å². The van der Waals surface area contributed by atoms with Crippen LogP contribution in [-0.4, -0.2) is 10.8 Å². The van der Waals surface area contributed by atoms with Gasteiger partial charge in [0, 0.05) is 17.1 Å². The van der Waals surface area contributed by atoms with Crippen LogP contribution in [0.1, 0.15) is 17.3 Å². The van der Waals surface area contributed by atoms with Crippen molar-refractivity contribution < 1.29 is 4.79 Å². The molecule has 0 fully saturated rings. The fourth-order valence-electron chi connectivity index (χ4n) is 1.53. The van der Waals surface area contributed by atoms with Gasteiger partial charge in [-0.2, -0.15) is 0 Å². The second kappa shape index (κ2) is 3.65. The maximum atomic E-state index is 11.8. The molecule has 1 aromatic carbocycles. The lowest BCUT2D eigenvalue weighted by atomic mass is 10.0. The Hall–Kier alpha value is -1.96. The fourth-order valence-corrected chi connectivity index (χ4v) is 1.53. The molecule has 2 heteroatoms. The molecule has 0 saturated heterocycles. The summed E-state index contributed by atoms with van der Waals surface area (Å²) in [6.45, 7) is 5.39. The highest BCUT2D eigenvalue weighted by molar-refractivity contribution is 6.15. The molecule has 2 aromatic rings. The van der Waals surface area contributed by atoms with Gasteiger partial charge in [0.2, 0.25) is 0 Å². The molecule has 0 radical (unpaired) electrons. The van der Waals surface area contributed by atoms with Crippen molar-refractivity contribution in [2.45, 2.75) is 6.92 Å². The zero-order valence-electron chi connectivity index (χ0n) is 8.53. The number of pyridine rings is 1. The highest BCUT2D eigenvalue weighted by Crippen LogP contribution is 2.18. The molecule has 15 heavy (non-hydrogen) atoms. The van der Waals surface area contributed by atoms with Gasteiger partial charge in [0.25, 0.3) is 0 Å². The summed E-state index contributed by atoms with van der Waals surface area (Å²) >= 11 is 0. The van der Waals surface area contributed by atoms with Crippen molar-refractivity contribution in [2.75, 3.05) is 0 Å². The normalized spacial score (nSPS) is 10.2. The predicted octanol–water partition coefficient (Wildman–Crippen LogP) is 2.99. The van der Waals surface area contributed by atoms with Crippen molar-refractivity contribution >= 4 is 16.7 Å². The van der Waals surface area contributed by atoms with Gasteiger partial charge < -0.3 is 0 Å². The van der Waals surface area contributed by atoms with Gasteiger partial charge in [0.15, 0.2) is 5.78 Å².